The Hall–Kier alpha value is -1.69. The fraction of sp³-hybridized carbons (Fsp3) is 0.333. The highest BCUT2D eigenvalue weighted by Gasteiger charge is 2.13. The molecular weight excluding hydrogens is 292 g/mol. The summed E-state index contributed by atoms with van der Waals surface area (Å²) in [6.45, 7) is 6.37. The highest BCUT2D eigenvalue weighted by molar-refractivity contribution is 7.99. The zero-order valence-electron chi connectivity index (χ0n) is 12.2. The van der Waals surface area contributed by atoms with Crippen LogP contribution in [0.3, 0.4) is 0 Å². The van der Waals surface area contributed by atoms with E-state index >= 15 is 0 Å². The highest BCUT2D eigenvalue weighted by Crippen LogP contribution is 2.29. The van der Waals surface area contributed by atoms with Crippen LogP contribution in [0.4, 0.5) is 14.6 Å². The van der Waals surface area contributed by atoms with Gasteiger partial charge in [0, 0.05) is 18.3 Å². The number of hydrogen-bond acceptors (Lipinski definition) is 4. The molecule has 0 saturated carbocycles. The first-order chi connectivity index (χ1) is 9.99. The molecule has 6 heteroatoms. The third-order valence-electron chi connectivity index (χ3n) is 2.72. The molecular formula is C15H17F2N3S. The largest absolute Gasteiger partial charge is 0.368 e. The van der Waals surface area contributed by atoms with Crippen LogP contribution in [0.15, 0.2) is 28.3 Å². The quantitative estimate of drug-likeness (QED) is 0.891. The van der Waals surface area contributed by atoms with Crippen molar-refractivity contribution >= 4 is 17.6 Å². The molecule has 0 spiro atoms. The van der Waals surface area contributed by atoms with Gasteiger partial charge in [0.1, 0.15) is 10.1 Å². The zero-order chi connectivity index (χ0) is 15.4. The number of aryl methyl sites for hydroxylation is 2. The van der Waals surface area contributed by atoms with Crippen LogP contribution >= 0.6 is 11.8 Å². The van der Waals surface area contributed by atoms with E-state index in [0.29, 0.717) is 11.6 Å². The minimum atomic E-state index is -0.682. The molecule has 0 saturated heterocycles. The molecule has 2 aromatic heterocycles. The number of anilines is 1. The standard InChI is InChI=1S/C15H17F2N3S/c1-4-5-18-14-11(16)8-12(17)15(20-14)21-13-7-9(2)6-10(3)19-13/h6-8H,4-5H2,1-3H3,(H,18,20). The van der Waals surface area contributed by atoms with Crippen molar-refractivity contribution in [1.82, 2.24) is 9.97 Å². The van der Waals surface area contributed by atoms with Gasteiger partial charge in [0.2, 0.25) is 0 Å². The average molecular weight is 309 g/mol. The maximum absolute atomic E-state index is 13.9. The molecule has 21 heavy (non-hydrogen) atoms. The molecule has 3 nitrogen and oxygen atoms in total. The summed E-state index contributed by atoms with van der Waals surface area (Å²) in [6, 6.07) is 4.64. The van der Waals surface area contributed by atoms with Gasteiger partial charge in [-0.15, -0.1) is 0 Å². The summed E-state index contributed by atoms with van der Waals surface area (Å²) in [4.78, 5) is 8.35. The Morgan fingerprint density at radius 2 is 1.86 bits per heavy atom. The van der Waals surface area contributed by atoms with E-state index in [-0.39, 0.29) is 10.8 Å². The molecule has 0 aliphatic heterocycles. The van der Waals surface area contributed by atoms with Crippen LogP contribution in [0.1, 0.15) is 24.6 Å². The van der Waals surface area contributed by atoms with Crippen LogP contribution < -0.4 is 5.32 Å². The van der Waals surface area contributed by atoms with Crippen LogP contribution in [-0.2, 0) is 0 Å². The lowest BCUT2D eigenvalue weighted by molar-refractivity contribution is 0.550. The van der Waals surface area contributed by atoms with Gasteiger partial charge < -0.3 is 5.32 Å². The molecule has 0 bridgehead atoms. The van der Waals surface area contributed by atoms with E-state index in [1.807, 2.05) is 32.9 Å². The molecule has 0 aromatic carbocycles. The van der Waals surface area contributed by atoms with Crippen molar-refractivity contribution in [2.24, 2.45) is 0 Å². The normalized spacial score (nSPS) is 10.7. The third-order valence-corrected chi connectivity index (χ3v) is 3.61. The molecule has 0 unspecified atom stereocenters. The van der Waals surface area contributed by atoms with Crippen LogP contribution in [-0.4, -0.2) is 16.5 Å². The lowest BCUT2D eigenvalue weighted by Gasteiger charge is -2.09. The van der Waals surface area contributed by atoms with Crippen LogP contribution in [0.5, 0.6) is 0 Å². The van der Waals surface area contributed by atoms with Gasteiger partial charge in [-0.1, -0.05) is 6.92 Å². The van der Waals surface area contributed by atoms with E-state index in [4.69, 9.17) is 0 Å². The fourth-order valence-electron chi connectivity index (χ4n) is 1.84. The molecule has 0 atom stereocenters. The maximum atomic E-state index is 13.9. The Morgan fingerprint density at radius 1 is 1.10 bits per heavy atom. The lowest BCUT2D eigenvalue weighted by Crippen LogP contribution is -2.06. The van der Waals surface area contributed by atoms with Gasteiger partial charge in [-0.25, -0.2) is 18.7 Å². The Bertz CT molecular complexity index is 627. The monoisotopic (exact) mass is 309 g/mol. The van der Waals surface area contributed by atoms with Gasteiger partial charge in [0.15, 0.2) is 17.5 Å². The number of halogens is 2. The number of rotatable bonds is 5. The minimum Gasteiger partial charge on any atom is -0.368 e. The van der Waals surface area contributed by atoms with Crippen molar-refractivity contribution in [1.29, 1.82) is 0 Å². The fourth-order valence-corrected chi connectivity index (χ4v) is 2.77. The summed E-state index contributed by atoms with van der Waals surface area (Å²) in [7, 11) is 0. The van der Waals surface area contributed by atoms with Crippen molar-refractivity contribution in [3.63, 3.8) is 0 Å². The van der Waals surface area contributed by atoms with Gasteiger partial charge in [0.25, 0.3) is 0 Å². The number of pyridine rings is 2. The van der Waals surface area contributed by atoms with Crippen LogP contribution in [0, 0.1) is 25.5 Å². The summed E-state index contributed by atoms with van der Waals surface area (Å²) >= 11 is 1.09. The average Bonchev–Trinajstić information content (AvgIpc) is 2.39. The number of aromatic nitrogens is 2. The smallest absolute Gasteiger partial charge is 0.168 e. The molecule has 0 aliphatic rings. The van der Waals surface area contributed by atoms with Crippen molar-refractivity contribution in [3.8, 4) is 0 Å². The van der Waals surface area contributed by atoms with E-state index in [1.165, 1.54) is 0 Å². The molecule has 2 aromatic rings. The molecule has 0 fully saturated rings. The Kier molecular flexibility index (Phi) is 5.12. The summed E-state index contributed by atoms with van der Waals surface area (Å²) < 4.78 is 27.5. The topological polar surface area (TPSA) is 37.8 Å². The van der Waals surface area contributed by atoms with Crippen molar-refractivity contribution in [2.75, 3.05) is 11.9 Å². The maximum Gasteiger partial charge on any atom is 0.168 e. The van der Waals surface area contributed by atoms with Crippen molar-refractivity contribution in [2.45, 2.75) is 37.2 Å². The minimum absolute atomic E-state index is 0.0742. The summed E-state index contributed by atoms with van der Waals surface area (Å²) in [6.07, 6.45) is 0.833. The molecule has 0 amide bonds. The summed E-state index contributed by atoms with van der Waals surface area (Å²) in [5, 5.41) is 3.62. The van der Waals surface area contributed by atoms with Crippen LogP contribution in [0.2, 0.25) is 0 Å². The Balaban J connectivity index is 2.30. The number of hydrogen-bond donors (Lipinski definition) is 1. The van der Waals surface area contributed by atoms with Gasteiger partial charge in [0.05, 0.1) is 0 Å². The van der Waals surface area contributed by atoms with E-state index in [0.717, 1.165) is 35.5 Å². The Labute approximate surface area is 127 Å². The highest BCUT2D eigenvalue weighted by atomic mass is 32.2. The predicted molar refractivity (Wildman–Crippen MR) is 80.8 cm³/mol. The summed E-state index contributed by atoms with van der Waals surface area (Å²) in [5.74, 6) is -1.29. The second kappa shape index (κ2) is 6.85. The molecule has 112 valence electrons. The van der Waals surface area contributed by atoms with Gasteiger partial charge >= 0.3 is 0 Å². The molecule has 2 heterocycles. The number of nitrogens with zero attached hydrogens (tertiary/aromatic N) is 2. The Morgan fingerprint density at radius 3 is 2.52 bits per heavy atom. The predicted octanol–water partition coefficient (Wildman–Crippen LogP) is 4.34. The lowest BCUT2D eigenvalue weighted by atomic mass is 10.3. The first-order valence-electron chi connectivity index (χ1n) is 6.72. The molecule has 0 aliphatic carbocycles. The second-order valence-electron chi connectivity index (χ2n) is 4.76. The van der Waals surface area contributed by atoms with Crippen molar-refractivity contribution in [3.05, 3.63) is 41.1 Å². The van der Waals surface area contributed by atoms with Gasteiger partial charge in [-0.3, -0.25) is 0 Å². The second-order valence-corrected chi connectivity index (χ2v) is 5.77. The SMILES string of the molecule is CCCNc1nc(Sc2cc(C)cc(C)n2)c(F)cc1F. The first kappa shape index (κ1) is 15.7. The molecule has 2 rings (SSSR count). The summed E-state index contributed by atoms with van der Waals surface area (Å²) in [5.41, 5.74) is 1.89. The van der Waals surface area contributed by atoms with E-state index in [9.17, 15) is 8.78 Å². The van der Waals surface area contributed by atoms with E-state index in [2.05, 4.69) is 15.3 Å². The van der Waals surface area contributed by atoms with Crippen molar-refractivity contribution < 1.29 is 8.78 Å². The van der Waals surface area contributed by atoms with Crippen LogP contribution in [0.25, 0.3) is 0 Å². The van der Waals surface area contributed by atoms with Gasteiger partial charge in [-0.05, 0) is 49.7 Å². The number of nitrogens with one attached hydrogen (secondary N) is 1. The van der Waals surface area contributed by atoms with Gasteiger partial charge in [-0.2, -0.15) is 0 Å². The first-order valence-corrected chi connectivity index (χ1v) is 7.54. The van der Waals surface area contributed by atoms with E-state index in [1.54, 1.807) is 0 Å². The third kappa shape index (κ3) is 4.14. The zero-order valence-corrected chi connectivity index (χ0v) is 13.0. The van der Waals surface area contributed by atoms with E-state index < -0.39 is 11.6 Å². The molecule has 0 radical (unpaired) electrons. The molecule has 1 N–H and O–H groups in total.